The highest BCUT2D eigenvalue weighted by Gasteiger charge is 2.27. The second kappa shape index (κ2) is 7.69. The quantitative estimate of drug-likeness (QED) is 0.853. The van der Waals surface area contributed by atoms with Gasteiger partial charge in [-0.15, -0.1) is 0 Å². The van der Waals surface area contributed by atoms with Gasteiger partial charge in [0.25, 0.3) is 0 Å². The van der Waals surface area contributed by atoms with Crippen LogP contribution in [0.4, 0.5) is 5.69 Å². The zero-order valence-corrected chi connectivity index (χ0v) is 14.4. The van der Waals surface area contributed by atoms with Gasteiger partial charge in [-0.2, -0.15) is 0 Å². The normalized spacial score (nSPS) is 20.3. The van der Waals surface area contributed by atoms with E-state index in [2.05, 4.69) is 6.92 Å². The number of amides is 2. The molecule has 3 rings (SSSR count). The molecule has 24 heavy (non-hydrogen) atoms. The number of carbonyl (C=O) groups excluding carboxylic acids is 2. The van der Waals surface area contributed by atoms with Gasteiger partial charge in [-0.1, -0.05) is 19.1 Å². The number of nitrogens with zero attached hydrogens (tertiary/aromatic N) is 2. The van der Waals surface area contributed by atoms with Crippen molar-refractivity contribution in [2.45, 2.75) is 51.5 Å². The average Bonchev–Trinajstić information content (AvgIpc) is 2.65. The first-order valence-corrected chi connectivity index (χ1v) is 9.02. The van der Waals surface area contributed by atoms with Gasteiger partial charge in [0.05, 0.1) is 12.2 Å². The minimum absolute atomic E-state index is 0.00385. The lowest BCUT2D eigenvalue weighted by Crippen LogP contribution is -2.44. The maximum Gasteiger partial charge on any atom is 0.227 e. The molecule has 5 nitrogen and oxygen atoms in total. The first kappa shape index (κ1) is 16.8. The molecule has 0 bridgehead atoms. The summed E-state index contributed by atoms with van der Waals surface area (Å²) in [6.45, 7) is 4.02. The standard InChI is InChI=1S/C19H26N2O3/c1-2-15-7-5-6-12-20(15)18(22)10-11-19(23)21-13-14-24-17-9-4-3-8-16(17)21/h3-4,8-9,15H,2,5-7,10-14H2,1H3/t15-/m0/s1. The fourth-order valence-electron chi connectivity index (χ4n) is 3.67. The van der Waals surface area contributed by atoms with Gasteiger partial charge in [-0.25, -0.2) is 0 Å². The third-order valence-corrected chi connectivity index (χ3v) is 5.00. The molecule has 2 aliphatic rings. The summed E-state index contributed by atoms with van der Waals surface area (Å²) in [5, 5.41) is 0. The molecule has 1 aromatic rings. The van der Waals surface area contributed by atoms with Crippen LogP contribution in [0, 0.1) is 0 Å². The lowest BCUT2D eigenvalue weighted by molar-refractivity contribution is -0.136. The zero-order valence-electron chi connectivity index (χ0n) is 14.4. The molecule has 1 atom stereocenters. The summed E-state index contributed by atoms with van der Waals surface area (Å²) >= 11 is 0. The molecule has 2 heterocycles. The van der Waals surface area contributed by atoms with Gasteiger partial charge < -0.3 is 14.5 Å². The number of fused-ring (bicyclic) bond motifs is 1. The Balaban J connectivity index is 1.59. The average molecular weight is 330 g/mol. The van der Waals surface area contributed by atoms with Crippen LogP contribution in [0.3, 0.4) is 0 Å². The van der Waals surface area contributed by atoms with Crippen molar-refractivity contribution >= 4 is 17.5 Å². The van der Waals surface area contributed by atoms with Crippen LogP contribution in [0.1, 0.15) is 45.4 Å². The second-order valence-corrected chi connectivity index (χ2v) is 6.51. The number of anilines is 1. The van der Waals surface area contributed by atoms with E-state index in [-0.39, 0.29) is 18.2 Å². The minimum Gasteiger partial charge on any atom is -0.490 e. The number of hydrogen-bond donors (Lipinski definition) is 0. The molecule has 1 saturated heterocycles. The van der Waals surface area contributed by atoms with E-state index < -0.39 is 0 Å². The molecule has 5 heteroatoms. The number of carbonyl (C=O) groups is 2. The minimum atomic E-state index is 0.00385. The van der Waals surface area contributed by atoms with Crippen LogP contribution < -0.4 is 9.64 Å². The second-order valence-electron chi connectivity index (χ2n) is 6.51. The molecule has 2 amide bonds. The lowest BCUT2D eigenvalue weighted by atomic mass is 9.99. The summed E-state index contributed by atoms with van der Waals surface area (Å²) in [6, 6.07) is 7.92. The number of benzene rings is 1. The Hall–Kier alpha value is -2.04. The van der Waals surface area contributed by atoms with Crippen molar-refractivity contribution in [3.8, 4) is 5.75 Å². The van der Waals surface area contributed by atoms with Gasteiger partial charge in [0.2, 0.25) is 11.8 Å². The summed E-state index contributed by atoms with van der Waals surface area (Å²) in [5.74, 6) is 0.867. The SMILES string of the molecule is CC[C@H]1CCCCN1C(=O)CCC(=O)N1CCOc2ccccc21. The first-order valence-electron chi connectivity index (χ1n) is 9.02. The third-order valence-electron chi connectivity index (χ3n) is 5.00. The molecule has 130 valence electrons. The van der Waals surface area contributed by atoms with E-state index in [0.29, 0.717) is 25.6 Å². The van der Waals surface area contributed by atoms with E-state index in [9.17, 15) is 9.59 Å². The largest absolute Gasteiger partial charge is 0.490 e. The fraction of sp³-hybridized carbons (Fsp3) is 0.579. The highest BCUT2D eigenvalue weighted by atomic mass is 16.5. The van der Waals surface area contributed by atoms with Crippen molar-refractivity contribution in [2.75, 3.05) is 24.6 Å². The molecule has 0 N–H and O–H groups in total. The number of ether oxygens (including phenoxy) is 1. The molecule has 1 fully saturated rings. The monoisotopic (exact) mass is 330 g/mol. The molecule has 0 aromatic heterocycles. The van der Waals surface area contributed by atoms with E-state index in [1.54, 1.807) is 4.90 Å². The van der Waals surface area contributed by atoms with Crippen LogP contribution in [0.2, 0.25) is 0 Å². The Labute approximate surface area is 143 Å². The van der Waals surface area contributed by atoms with Crippen LogP contribution >= 0.6 is 0 Å². The maximum absolute atomic E-state index is 12.6. The Morgan fingerprint density at radius 3 is 2.75 bits per heavy atom. The van der Waals surface area contributed by atoms with Crippen molar-refractivity contribution in [1.29, 1.82) is 0 Å². The molecule has 0 radical (unpaired) electrons. The predicted octanol–water partition coefficient (Wildman–Crippen LogP) is 2.98. The number of para-hydroxylation sites is 2. The van der Waals surface area contributed by atoms with Crippen molar-refractivity contribution in [1.82, 2.24) is 4.90 Å². The third kappa shape index (κ3) is 3.55. The smallest absolute Gasteiger partial charge is 0.227 e. The Morgan fingerprint density at radius 1 is 1.12 bits per heavy atom. The first-order chi connectivity index (χ1) is 11.7. The molecule has 0 spiro atoms. The molecule has 1 aromatic carbocycles. The number of likely N-dealkylation sites (tertiary alicyclic amines) is 1. The van der Waals surface area contributed by atoms with Crippen LogP contribution in [0.15, 0.2) is 24.3 Å². The Morgan fingerprint density at radius 2 is 1.92 bits per heavy atom. The van der Waals surface area contributed by atoms with E-state index in [0.717, 1.165) is 37.2 Å². The van der Waals surface area contributed by atoms with E-state index >= 15 is 0 Å². The predicted molar refractivity (Wildman–Crippen MR) is 93.2 cm³/mol. The summed E-state index contributed by atoms with van der Waals surface area (Å²) in [4.78, 5) is 28.9. The van der Waals surface area contributed by atoms with Crippen molar-refractivity contribution in [3.05, 3.63) is 24.3 Å². The Kier molecular flexibility index (Phi) is 5.38. The highest BCUT2D eigenvalue weighted by molar-refractivity contribution is 5.97. The molecule has 2 aliphatic heterocycles. The van der Waals surface area contributed by atoms with Gasteiger partial charge in [0, 0.05) is 25.4 Å². The summed E-state index contributed by atoms with van der Waals surface area (Å²) in [5.41, 5.74) is 0.811. The van der Waals surface area contributed by atoms with Gasteiger partial charge in [0.15, 0.2) is 0 Å². The van der Waals surface area contributed by atoms with E-state index in [4.69, 9.17) is 4.74 Å². The molecular weight excluding hydrogens is 304 g/mol. The number of rotatable bonds is 4. The fourth-order valence-corrected chi connectivity index (χ4v) is 3.67. The number of piperidine rings is 1. The Bertz CT molecular complexity index is 602. The van der Waals surface area contributed by atoms with Crippen molar-refractivity contribution in [3.63, 3.8) is 0 Å². The van der Waals surface area contributed by atoms with Crippen LogP contribution in [-0.4, -0.2) is 42.5 Å². The van der Waals surface area contributed by atoms with Crippen LogP contribution in [0.5, 0.6) is 5.75 Å². The summed E-state index contributed by atoms with van der Waals surface area (Å²) in [6.07, 6.45) is 4.93. The molecule has 0 aliphatic carbocycles. The lowest BCUT2D eigenvalue weighted by Gasteiger charge is -2.35. The zero-order chi connectivity index (χ0) is 16.9. The van der Waals surface area contributed by atoms with Crippen LogP contribution in [0.25, 0.3) is 0 Å². The molecule has 0 saturated carbocycles. The summed E-state index contributed by atoms with van der Waals surface area (Å²) < 4.78 is 5.58. The van der Waals surface area contributed by atoms with Gasteiger partial charge in [-0.05, 0) is 37.8 Å². The van der Waals surface area contributed by atoms with E-state index in [1.165, 1.54) is 6.42 Å². The van der Waals surface area contributed by atoms with Gasteiger partial charge >= 0.3 is 0 Å². The van der Waals surface area contributed by atoms with Crippen molar-refractivity contribution in [2.24, 2.45) is 0 Å². The maximum atomic E-state index is 12.6. The van der Waals surface area contributed by atoms with E-state index in [1.807, 2.05) is 29.2 Å². The topological polar surface area (TPSA) is 49.9 Å². The molecular formula is C19H26N2O3. The van der Waals surface area contributed by atoms with Crippen LogP contribution in [-0.2, 0) is 9.59 Å². The van der Waals surface area contributed by atoms with Crippen molar-refractivity contribution < 1.29 is 14.3 Å². The van der Waals surface area contributed by atoms with Gasteiger partial charge in [0.1, 0.15) is 12.4 Å². The summed E-state index contributed by atoms with van der Waals surface area (Å²) in [7, 11) is 0. The number of hydrogen-bond acceptors (Lipinski definition) is 3. The molecule has 0 unspecified atom stereocenters. The highest BCUT2D eigenvalue weighted by Crippen LogP contribution is 2.31. The van der Waals surface area contributed by atoms with Gasteiger partial charge in [-0.3, -0.25) is 9.59 Å².